The van der Waals surface area contributed by atoms with Gasteiger partial charge in [0.25, 0.3) is 0 Å². The Bertz CT molecular complexity index is 594. The Kier molecular flexibility index (Phi) is 5.01. The van der Waals surface area contributed by atoms with E-state index in [9.17, 15) is 8.42 Å². The molecule has 3 N–H and O–H groups in total. The lowest BCUT2D eigenvalue weighted by molar-refractivity contribution is 0.0984. The number of nitrogens with two attached hydrogens (primary N) is 1. The molecule has 0 atom stereocenters. The maximum Gasteiger partial charge on any atom is 0.235 e. The maximum atomic E-state index is 12.2. The third kappa shape index (κ3) is 3.97. The second-order valence-electron chi connectivity index (χ2n) is 4.54. The highest BCUT2D eigenvalue weighted by atomic mass is 32.2. The van der Waals surface area contributed by atoms with Crippen LogP contribution in [0.25, 0.3) is 0 Å². The van der Waals surface area contributed by atoms with Crippen LogP contribution in [0.2, 0.25) is 0 Å². The summed E-state index contributed by atoms with van der Waals surface area (Å²) in [5.41, 5.74) is 6.66. The third-order valence-electron chi connectivity index (χ3n) is 3.09. The van der Waals surface area contributed by atoms with E-state index < -0.39 is 10.0 Å². The molecule has 1 fully saturated rings. The lowest BCUT2D eigenvalue weighted by Crippen LogP contribution is -2.33. The number of anilines is 1. The van der Waals surface area contributed by atoms with E-state index in [-0.39, 0.29) is 5.25 Å². The lowest BCUT2D eigenvalue weighted by Gasteiger charge is -2.22. The molecule has 0 aromatic heterocycles. The number of hydrogen-bond acceptors (Lipinski definition) is 4. The molecule has 1 saturated heterocycles. The summed E-state index contributed by atoms with van der Waals surface area (Å²) in [6.45, 7) is 1.30. The van der Waals surface area contributed by atoms with E-state index in [2.05, 4.69) is 16.6 Å². The zero-order chi connectivity index (χ0) is 14.4. The molecule has 20 heavy (non-hydrogen) atoms. The number of nitrogens with one attached hydrogen (secondary N) is 1. The molecule has 1 aromatic rings. The number of benzene rings is 1. The van der Waals surface area contributed by atoms with Gasteiger partial charge in [0.2, 0.25) is 10.0 Å². The first kappa shape index (κ1) is 14.9. The Morgan fingerprint density at radius 3 is 2.50 bits per heavy atom. The molecule has 108 valence electrons. The van der Waals surface area contributed by atoms with E-state index in [4.69, 9.17) is 10.5 Å². The highest BCUT2D eigenvalue weighted by Gasteiger charge is 2.27. The fourth-order valence-corrected chi connectivity index (χ4v) is 3.45. The van der Waals surface area contributed by atoms with Crippen molar-refractivity contribution in [1.82, 2.24) is 0 Å². The van der Waals surface area contributed by atoms with Gasteiger partial charge in [-0.2, -0.15) is 0 Å². The summed E-state index contributed by atoms with van der Waals surface area (Å²) in [6.07, 6.45) is 1.07. The van der Waals surface area contributed by atoms with Gasteiger partial charge in [0.05, 0.1) is 11.8 Å². The van der Waals surface area contributed by atoms with Gasteiger partial charge in [-0.05, 0) is 37.1 Å². The number of sulfonamides is 1. The van der Waals surface area contributed by atoms with Gasteiger partial charge < -0.3 is 10.5 Å². The molecule has 0 bridgehead atoms. The first-order valence-electron chi connectivity index (χ1n) is 6.50. The zero-order valence-corrected chi connectivity index (χ0v) is 11.9. The van der Waals surface area contributed by atoms with Gasteiger partial charge in [-0.15, -0.1) is 0 Å². The van der Waals surface area contributed by atoms with Crippen molar-refractivity contribution < 1.29 is 13.2 Å². The number of hydrogen-bond donors (Lipinski definition) is 2. The predicted molar refractivity (Wildman–Crippen MR) is 78.8 cm³/mol. The highest BCUT2D eigenvalue weighted by molar-refractivity contribution is 7.93. The highest BCUT2D eigenvalue weighted by Crippen LogP contribution is 2.19. The van der Waals surface area contributed by atoms with Crippen LogP contribution in [-0.4, -0.2) is 33.4 Å². The van der Waals surface area contributed by atoms with E-state index in [1.807, 2.05) is 0 Å². The molecule has 1 heterocycles. The minimum absolute atomic E-state index is 0.304. The third-order valence-corrected chi connectivity index (χ3v) is 4.96. The molecule has 0 radical (unpaired) electrons. The minimum atomic E-state index is -3.35. The van der Waals surface area contributed by atoms with Crippen LogP contribution in [0.4, 0.5) is 5.69 Å². The fourth-order valence-electron chi connectivity index (χ4n) is 2.01. The number of ether oxygens (including phenoxy) is 1. The van der Waals surface area contributed by atoms with E-state index in [0.717, 1.165) is 5.56 Å². The summed E-state index contributed by atoms with van der Waals surface area (Å²) in [5, 5.41) is -0.382. The Hall–Kier alpha value is -1.55. The summed E-state index contributed by atoms with van der Waals surface area (Å²) < 4.78 is 32.2. The van der Waals surface area contributed by atoms with Gasteiger partial charge in [-0.1, -0.05) is 11.8 Å². The van der Waals surface area contributed by atoms with Crippen LogP contribution >= 0.6 is 0 Å². The Balaban J connectivity index is 2.05. The first-order valence-corrected chi connectivity index (χ1v) is 8.05. The van der Waals surface area contributed by atoms with Crippen LogP contribution in [0.3, 0.4) is 0 Å². The molecule has 2 rings (SSSR count). The van der Waals surface area contributed by atoms with Gasteiger partial charge in [-0.3, -0.25) is 4.72 Å². The molecule has 1 aromatic carbocycles. The van der Waals surface area contributed by atoms with Gasteiger partial charge in [0.15, 0.2) is 0 Å². The van der Waals surface area contributed by atoms with Crippen molar-refractivity contribution >= 4 is 15.7 Å². The SMILES string of the molecule is NCC#Cc1ccc(NS(=O)(=O)C2CCOCC2)cc1. The summed E-state index contributed by atoms with van der Waals surface area (Å²) in [4.78, 5) is 0. The van der Waals surface area contributed by atoms with Gasteiger partial charge in [0, 0.05) is 24.5 Å². The second kappa shape index (κ2) is 6.75. The first-order chi connectivity index (χ1) is 9.62. The van der Waals surface area contributed by atoms with Crippen molar-refractivity contribution in [2.75, 3.05) is 24.5 Å². The topological polar surface area (TPSA) is 81.4 Å². The normalized spacial score (nSPS) is 16.2. The van der Waals surface area contributed by atoms with Gasteiger partial charge in [0.1, 0.15) is 0 Å². The summed E-state index contributed by atoms with van der Waals surface area (Å²) in [7, 11) is -3.35. The monoisotopic (exact) mass is 294 g/mol. The van der Waals surface area contributed by atoms with Crippen molar-refractivity contribution in [3.05, 3.63) is 29.8 Å². The molecule has 0 aliphatic carbocycles. The predicted octanol–water partition coefficient (Wildman–Crippen LogP) is 0.917. The van der Waals surface area contributed by atoms with Crippen LogP contribution in [0.5, 0.6) is 0 Å². The Morgan fingerprint density at radius 1 is 1.25 bits per heavy atom. The van der Waals surface area contributed by atoms with Crippen LogP contribution in [-0.2, 0) is 14.8 Å². The Labute approximate surface area is 119 Å². The van der Waals surface area contributed by atoms with E-state index in [1.54, 1.807) is 24.3 Å². The molecule has 0 unspecified atom stereocenters. The molecular formula is C14H18N2O3S. The summed E-state index contributed by atoms with van der Waals surface area (Å²) in [5.74, 6) is 5.64. The van der Waals surface area contributed by atoms with Crippen molar-refractivity contribution in [2.45, 2.75) is 18.1 Å². The molecule has 6 heteroatoms. The smallest absolute Gasteiger partial charge is 0.235 e. The van der Waals surface area contributed by atoms with Crippen LogP contribution in [0.1, 0.15) is 18.4 Å². The zero-order valence-electron chi connectivity index (χ0n) is 11.1. The molecule has 0 spiro atoms. The van der Waals surface area contributed by atoms with Crippen molar-refractivity contribution in [3.63, 3.8) is 0 Å². The van der Waals surface area contributed by atoms with Crippen molar-refractivity contribution in [2.24, 2.45) is 5.73 Å². The second-order valence-corrected chi connectivity index (χ2v) is 6.50. The van der Waals surface area contributed by atoms with Gasteiger partial charge in [-0.25, -0.2) is 8.42 Å². The standard InChI is InChI=1S/C14H18N2O3S/c15-9-1-2-12-3-5-13(6-4-12)16-20(17,18)14-7-10-19-11-8-14/h3-6,14,16H,7-11,15H2. The number of rotatable bonds is 3. The van der Waals surface area contributed by atoms with Gasteiger partial charge >= 0.3 is 0 Å². The fraction of sp³-hybridized carbons (Fsp3) is 0.429. The summed E-state index contributed by atoms with van der Waals surface area (Å²) >= 11 is 0. The quantitative estimate of drug-likeness (QED) is 0.812. The van der Waals surface area contributed by atoms with E-state index >= 15 is 0 Å². The average molecular weight is 294 g/mol. The molecule has 1 aliphatic rings. The molecule has 5 nitrogen and oxygen atoms in total. The molecule has 1 aliphatic heterocycles. The minimum Gasteiger partial charge on any atom is -0.381 e. The molecule has 0 saturated carbocycles. The van der Waals surface area contributed by atoms with Crippen LogP contribution in [0.15, 0.2) is 24.3 Å². The van der Waals surface area contributed by atoms with E-state index in [0.29, 0.717) is 38.3 Å². The van der Waals surface area contributed by atoms with Crippen LogP contribution in [0, 0.1) is 11.8 Å². The van der Waals surface area contributed by atoms with Crippen molar-refractivity contribution in [1.29, 1.82) is 0 Å². The largest absolute Gasteiger partial charge is 0.381 e. The Morgan fingerprint density at radius 2 is 1.90 bits per heavy atom. The lowest BCUT2D eigenvalue weighted by atomic mass is 10.2. The molecule has 0 amide bonds. The maximum absolute atomic E-state index is 12.2. The van der Waals surface area contributed by atoms with Crippen molar-refractivity contribution in [3.8, 4) is 11.8 Å². The molecular weight excluding hydrogens is 276 g/mol. The van der Waals surface area contributed by atoms with Crippen LogP contribution < -0.4 is 10.5 Å². The average Bonchev–Trinajstić information content (AvgIpc) is 2.47. The van der Waals surface area contributed by atoms with E-state index in [1.165, 1.54) is 0 Å². The summed E-state index contributed by atoms with van der Waals surface area (Å²) in [6, 6.07) is 6.95.